The van der Waals surface area contributed by atoms with E-state index in [1.54, 1.807) is 60.7 Å². The topological polar surface area (TPSA) is 46.5 Å². The van der Waals surface area contributed by atoms with Crippen molar-refractivity contribution in [2.24, 2.45) is 0 Å². The first-order chi connectivity index (χ1) is 10.1. The maximum absolute atomic E-state index is 12.5. The van der Waals surface area contributed by atoms with Crippen molar-refractivity contribution in [3.63, 3.8) is 0 Å². The molecule has 0 aliphatic carbocycles. The van der Waals surface area contributed by atoms with Crippen molar-refractivity contribution >= 4 is 21.9 Å². The van der Waals surface area contributed by atoms with Gasteiger partial charge < -0.3 is 9.84 Å². The van der Waals surface area contributed by atoms with Crippen LogP contribution in [0, 0.1) is 0 Å². The van der Waals surface area contributed by atoms with Gasteiger partial charge in [-0.3, -0.25) is 0 Å². The molecule has 0 saturated heterocycles. The highest BCUT2D eigenvalue weighted by atomic mass is 79.9. The van der Waals surface area contributed by atoms with Crippen molar-refractivity contribution in [3.8, 4) is 0 Å². The van der Waals surface area contributed by atoms with E-state index in [0.29, 0.717) is 11.1 Å². The minimum absolute atomic E-state index is 0.361. The predicted octanol–water partition coefficient (Wildman–Crippen LogP) is 3.16. The third-order valence-corrected chi connectivity index (χ3v) is 3.47. The molecule has 21 heavy (non-hydrogen) atoms. The van der Waals surface area contributed by atoms with Gasteiger partial charge in [0.05, 0.1) is 0 Å². The largest absolute Gasteiger partial charge is 0.445 e. The zero-order valence-electron chi connectivity index (χ0n) is 11.1. The Hall–Kier alpha value is -1.72. The molecule has 0 spiro atoms. The molecule has 5 heteroatoms. The lowest BCUT2D eigenvalue weighted by atomic mass is 9.86. The Kier molecular flexibility index (Phi) is 5.09. The molecule has 2 aromatic rings. The maximum atomic E-state index is 12.5. The number of alkyl halides is 2. The monoisotopic (exact) mass is 352 g/mol. The van der Waals surface area contributed by atoms with Crippen LogP contribution >= 0.6 is 15.9 Å². The van der Waals surface area contributed by atoms with E-state index < -0.39 is 23.3 Å². The van der Waals surface area contributed by atoms with E-state index in [9.17, 15) is 14.3 Å². The number of rotatable bonds is 5. The van der Waals surface area contributed by atoms with Crippen LogP contribution in [0.5, 0.6) is 0 Å². The van der Waals surface area contributed by atoms with Gasteiger partial charge in [0.2, 0.25) is 5.60 Å². The van der Waals surface area contributed by atoms with Gasteiger partial charge in [-0.05, 0) is 27.1 Å². The van der Waals surface area contributed by atoms with Crippen molar-refractivity contribution in [3.05, 3.63) is 71.8 Å². The summed E-state index contributed by atoms with van der Waals surface area (Å²) in [6, 6.07) is 16.8. The van der Waals surface area contributed by atoms with E-state index in [2.05, 4.69) is 15.9 Å². The Morgan fingerprint density at radius 3 is 1.90 bits per heavy atom. The number of carbonyl (C=O) groups is 1. The van der Waals surface area contributed by atoms with Crippen LogP contribution in [-0.2, 0) is 15.1 Å². The number of ether oxygens (including phenoxy) is 1. The number of halogens is 2. The molecule has 0 aromatic heterocycles. The SMILES string of the molecule is O=C(OC(Br)CF)C(O)(c1ccccc1)c1ccccc1. The minimum Gasteiger partial charge on any atom is -0.445 e. The van der Waals surface area contributed by atoms with Gasteiger partial charge in [-0.1, -0.05) is 60.7 Å². The molecule has 0 saturated carbocycles. The number of benzene rings is 2. The lowest BCUT2D eigenvalue weighted by Crippen LogP contribution is -2.40. The highest BCUT2D eigenvalue weighted by Crippen LogP contribution is 2.31. The van der Waals surface area contributed by atoms with Gasteiger partial charge in [0, 0.05) is 0 Å². The number of hydrogen-bond acceptors (Lipinski definition) is 3. The van der Waals surface area contributed by atoms with Crippen molar-refractivity contribution in [2.75, 3.05) is 6.67 Å². The molecule has 110 valence electrons. The van der Waals surface area contributed by atoms with Crippen LogP contribution in [0.25, 0.3) is 0 Å². The van der Waals surface area contributed by atoms with E-state index >= 15 is 0 Å². The Morgan fingerprint density at radius 2 is 1.52 bits per heavy atom. The Bertz CT molecular complexity index is 549. The zero-order valence-corrected chi connectivity index (χ0v) is 12.7. The standard InChI is InChI=1S/C16H14BrFO3/c17-14(11-18)21-15(19)16(20,12-7-3-1-4-8-12)13-9-5-2-6-10-13/h1-10,14,20H,11H2. The molecular formula is C16H14BrFO3. The number of carbonyl (C=O) groups excluding carboxylic acids is 1. The van der Waals surface area contributed by atoms with Crippen molar-refractivity contribution in [1.29, 1.82) is 0 Å². The first-order valence-electron chi connectivity index (χ1n) is 6.33. The molecule has 0 amide bonds. The Labute approximate surface area is 130 Å². The summed E-state index contributed by atoms with van der Waals surface area (Å²) >= 11 is 2.89. The van der Waals surface area contributed by atoms with Crippen LogP contribution < -0.4 is 0 Å². The molecule has 0 bridgehead atoms. The molecular weight excluding hydrogens is 339 g/mol. The quantitative estimate of drug-likeness (QED) is 0.664. The van der Waals surface area contributed by atoms with Crippen LogP contribution in [0.15, 0.2) is 60.7 Å². The fraction of sp³-hybridized carbons (Fsp3) is 0.188. The molecule has 2 aromatic carbocycles. The fourth-order valence-corrected chi connectivity index (χ4v) is 2.16. The van der Waals surface area contributed by atoms with Gasteiger partial charge in [-0.2, -0.15) is 0 Å². The molecule has 1 atom stereocenters. The summed E-state index contributed by atoms with van der Waals surface area (Å²) in [7, 11) is 0. The van der Waals surface area contributed by atoms with Gasteiger partial charge in [-0.15, -0.1) is 0 Å². The smallest absolute Gasteiger partial charge is 0.348 e. The molecule has 0 radical (unpaired) electrons. The third kappa shape index (κ3) is 3.31. The molecule has 0 fully saturated rings. The summed E-state index contributed by atoms with van der Waals surface area (Å²) < 4.78 is 17.5. The summed E-state index contributed by atoms with van der Waals surface area (Å²) in [6.45, 7) is -0.884. The van der Waals surface area contributed by atoms with Crippen LogP contribution in [0.4, 0.5) is 4.39 Å². The maximum Gasteiger partial charge on any atom is 0.348 e. The van der Waals surface area contributed by atoms with Gasteiger partial charge in [0.1, 0.15) is 6.67 Å². The van der Waals surface area contributed by atoms with E-state index in [-0.39, 0.29) is 0 Å². The second-order valence-corrected chi connectivity index (χ2v) is 5.43. The van der Waals surface area contributed by atoms with E-state index in [1.165, 1.54) is 0 Å². The number of esters is 1. The normalized spacial score (nSPS) is 12.7. The summed E-state index contributed by atoms with van der Waals surface area (Å²) in [5.41, 5.74) is -1.26. The van der Waals surface area contributed by atoms with Crippen LogP contribution in [0.3, 0.4) is 0 Å². The number of hydrogen-bond donors (Lipinski definition) is 1. The summed E-state index contributed by atoms with van der Waals surface area (Å²) in [6.07, 6.45) is 0. The van der Waals surface area contributed by atoms with Gasteiger partial charge in [0.15, 0.2) is 5.01 Å². The second-order valence-electron chi connectivity index (χ2n) is 4.41. The van der Waals surface area contributed by atoms with Crippen molar-refractivity contribution in [1.82, 2.24) is 0 Å². The molecule has 0 aliphatic rings. The van der Waals surface area contributed by atoms with Crippen LogP contribution in [-0.4, -0.2) is 22.8 Å². The van der Waals surface area contributed by atoms with Crippen LogP contribution in [0.2, 0.25) is 0 Å². The third-order valence-electron chi connectivity index (χ3n) is 3.03. The second kappa shape index (κ2) is 6.83. The van der Waals surface area contributed by atoms with E-state index in [1.807, 2.05) is 0 Å². The summed E-state index contributed by atoms with van der Waals surface area (Å²) in [4.78, 5) is 12.4. The Morgan fingerprint density at radius 1 is 1.10 bits per heavy atom. The minimum atomic E-state index is -1.98. The first-order valence-corrected chi connectivity index (χ1v) is 7.25. The average Bonchev–Trinajstić information content (AvgIpc) is 2.55. The highest BCUT2D eigenvalue weighted by Gasteiger charge is 2.42. The molecule has 2 rings (SSSR count). The fourth-order valence-electron chi connectivity index (χ4n) is 1.99. The molecule has 0 aliphatic heterocycles. The van der Waals surface area contributed by atoms with Crippen LogP contribution in [0.1, 0.15) is 11.1 Å². The first kappa shape index (κ1) is 15.7. The lowest BCUT2D eigenvalue weighted by Gasteiger charge is -2.27. The molecule has 3 nitrogen and oxygen atoms in total. The lowest BCUT2D eigenvalue weighted by molar-refractivity contribution is -0.164. The molecule has 0 heterocycles. The van der Waals surface area contributed by atoms with Gasteiger partial charge in [-0.25, -0.2) is 9.18 Å². The van der Waals surface area contributed by atoms with Gasteiger partial charge >= 0.3 is 5.97 Å². The Balaban J connectivity index is 2.47. The highest BCUT2D eigenvalue weighted by molar-refractivity contribution is 9.09. The summed E-state index contributed by atoms with van der Waals surface area (Å²) in [5.74, 6) is -0.931. The van der Waals surface area contributed by atoms with Crippen molar-refractivity contribution in [2.45, 2.75) is 10.6 Å². The zero-order chi connectivity index (χ0) is 15.3. The molecule has 1 unspecified atom stereocenters. The average molecular weight is 353 g/mol. The number of aliphatic hydroxyl groups is 1. The van der Waals surface area contributed by atoms with E-state index in [4.69, 9.17) is 4.74 Å². The molecule has 1 N–H and O–H groups in total. The predicted molar refractivity (Wildman–Crippen MR) is 80.7 cm³/mol. The summed E-state index contributed by atoms with van der Waals surface area (Å²) in [5, 5.41) is 9.86. The van der Waals surface area contributed by atoms with Crippen molar-refractivity contribution < 1.29 is 19.0 Å². The van der Waals surface area contributed by atoms with Gasteiger partial charge in [0.25, 0.3) is 0 Å². The van der Waals surface area contributed by atoms with E-state index in [0.717, 1.165) is 0 Å².